The van der Waals surface area contributed by atoms with E-state index in [1.807, 2.05) is 18.3 Å². The fourth-order valence-electron chi connectivity index (χ4n) is 8.94. The van der Waals surface area contributed by atoms with E-state index in [2.05, 4.69) is 83.9 Å². The number of imide groups is 1. The third kappa shape index (κ3) is 7.80. The SMILES string of the molecule is C[C@H](C#N)Nc1cc(-n2ncc3cc(C#N)c(N)nc32)ncc1-n1cc(C2CCC(CCN3[C@H](C)CN(c4ccc(C5CCC(=O)NC5=O)cc4)C[C@H]3C)CC2)nn1. The normalized spacial score (nSPS) is 23.3. The Morgan fingerprint density at radius 2 is 1.78 bits per heavy atom. The van der Waals surface area contributed by atoms with Gasteiger partial charge in [0.05, 0.1) is 47.5 Å². The van der Waals surface area contributed by atoms with Gasteiger partial charge >= 0.3 is 0 Å². The smallest absolute Gasteiger partial charge is 0.234 e. The molecule has 16 heteroatoms. The summed E-state index contributed by atoms with van der Waals surface area (Å²) in [6, 6.07) is 16.4. The quantitative estimate of drug-likeness (QED) is 0.160. The summed E-state index contributed by atoms with van der Waals surface area (Å²) in [7, 11) is 0. The summed E-state index contributed by atoms with van der Waals surface area (Å²) < 4.78 is 3.27. The Hall–Kier alpha value is -6.39. The first kappa shape index (κ1) is 38.5. The second-order valence-corrected chi connectivity index (χ2v) is 16.1. The third-order valence-corrected chi connectivity index (χ3v) is 12.2. The molecule has 3 fully saturated rings. The average Bonchev–Trinajstić information content (AvgIpc) is 3.88. The molecule has 4 aromatic heterocycles. The zero-order valence-corrected chi connectivity index (χ0v) is 33.0. The summed E-state index contributed by atoms with van der Waals surface area (Å²) in [6.45, 7) is 9.40. The van der Waals surface area contributed by atoms with Crippen molar-refractivity contribution in [2.45, 2.75) is 95.7 Å². The molecule has 1 aromatic carbocycles. The molecule has 298 valence electrons. The Morgan fingerprint density at radius 1 is 1.02 bits per heavy atom. The number of nitriles is 2. The number of fused-ring (bicyclic) bond motifs is 1. The first-order valence-electron chi connectivity index (χ1n) is 20.2. The lowest BCUT2D eigenvalue weighted by Crippen LogP contribution is -2.57. The van der Waals surface area contributed by atoms with Gasteiger partial charge in [-0.15, -0.1) is 5.10 Å². The Balaban J connectivity index is 0.867. The lowest BCUT2D eigenvalue weighted by atomic mass is 9.79. The van der Waals surface area contributed by atoms with Crippen LogP contribution >= 0.6 is 0 Å². The summed E-state index contributed by atoms with van der Waals surface area (Å²) in [5.74, 6) is 0.913. The van der Waals surface area contributed by atoms with Gasteiger partial charge in [-0.05, 0) is 95.5 Å². The first-order chi connectivity index (χ1) is 28.1. The summed E-state index contributed by atoms with van der Waals surface area (Å²) >= 11 is 0. The molecule has 2 aliphatic heterocycles. The number of nitrogens with one attached hydrogen (secondary N) is 2. The Morgan fingerprint density at radius 3 is 2.48 bits per heavy atom. The number of aromatic nitrogens is 7. The first-order valence-corrected chi connectivity index (χ1v) is 20.2. The minimum absolute atomic E-state index is 0.113. The topological polar surface area (TPSA) is 213 Å². The van der Waals surface area contributed by atoms with Crippen molar-refractivity contribution < 1.29 is 9.59 Å². The maximum atomic E-state index is 12.4. The number of rotatable bonds is 10. The molecule has 2 saturated heterocycles. The summed E-state index contributed by atoms with van der Waals surface area (Å²) in [5.41, 5.74) is 11.1. The van der Waals surface area contributed by atoms with Crippen LogP contribution < -0.4 is 21.3 Å². The highest BCUT2D eigenvalue weighted by molar-refractivity contribution is 6.01. The molecule has 4 N–H and O–H groups in total. The number of nitrogens with zero attached hydrogens (tertiary/aromatic N) is 11. The summed E-state index contributed by atoms with van der Waals surface area (Å²) in [6.07, 6.45) is 11.8. The molecule has 16 nitrogen and oxygen atoms in total. The molecule has 4 atom stereocenters. The molecule has 1 aliphatic carbocycles. The van der Waals surface area contributed by atoms with E-state index in [9.17, 15) is 20.1 Å². The van der Waals surface area contributed by atoms with Crippen LogP contribution in [-0.4, -0.2) is 89.2 Å². The molecule has 5 aromatic rings. The van der Waals surface area contributed by atoms with Crippen LogP contribution in [0.1, 0.15) is 94.4 Å². The molecule has 0 bridgehead atoms. The molecule has 6 heterocycles. The molecule has 1 unspecified atom stereocenters. The van der Waals surface area contributed by atoms with Crippen molar-refractivity contribution in [1.29, 1.82) is 10.5 Å². The van der Waals surface area contributed by atoms with Crippen molar-refractivity contribution in [3.05, 3.63) is 71.8 Å². The highest BCUT2D eigenvalue weighted by Crippen LogP contribution is 2.37. The molecule has 8 rings (SSSR count). The largest absolute Gasteiger partial charge is 0.383 e. The lowest BCUT2D eigenvalue weighted by Gasteiger charge is -2.46. The van der Waals surface area contributed by atoms with Crippen molar-refractivity contribution in [1.82, 2.24) is 45.0 Å². The van der Waals surface area contributed by atoms with E-state index in [0.717, 1.165) is 56.6 Å². The Bertz CT molecular complexity index is 2390. The van der Waals surface area contributed by atoms with Crippen molar-refractivity contribution in [2.24, 2.45) is 5.92 Å². The van der Waals surface area contributed by atoms with Crippen molar-refractivity contribution in [3.8, 4) is 23.6 Å². The standard InChI is InChI=1S/C42H48N14O2/c1-25(18-43)48-35-17-38(56-41-32(20-47-56)16-31(19-44)40(45)50-41)46-21-37(35)55-24-36(51-52-55)30-6-4-28(5-7-30)14-15-54-26(2)22-53(23-27(54)3)33-10-8-29(9-11-33)34-12-13-39(57)49-42(34)58/h8-11,16-17,20-21,24-28,30,34H,4-7,12-15,22-23H2,1-3H3,(H2,45,50)(H,46,48)(H,49,57,58)/t25-,26-,27-,28?,30?,34?/m1/s1. The molecule has 1 saturated carbocycles. The van der Waals surface area contributed by atoms with Gasteiger partial charge in [0.1, 0.15) is 23.6 Å². The number of piperazine rings is 1. The highest BCUT2D eigenvalue weighted by atomic mass is 16.2. The molecular formula is C42H48N14O2. The molecule has 0 radical (unpaired) electrons. The van der Waals surface area contributed by atoms with Crippen LogP contribution in [0.5, 0.6) is 0 Å². The summed E-state index contributed by atoms with van der Waals surface area (Å²) in [4.78, 5) is 38.1. The molecular weight excluding hydrogens is 733 g/mol. The lowest BCUT2D eigenvalue weighted by molar-refractivity contribution is -0.134. The van der Waals surface area contributed by atoms with Crippen molar-refractivity contribution >= 4 is 40.0 Å². The number of hydrogen-bond donors (Lipinski definition) is 3. The number of pyridine rings is 2. The third-order valence-electron chi connectivity index (χ3n) is 12.2. The second kappa shape index (κ2) is 16.2. The maximum absolute atomic E-state index is 12.4. The number of carbonyl (C=O) groups excluding carboxylic acids is 2. The van der Waals surface area contributed by atoms with E-state index in [4.69, 9.17) is 5.73 Å². The Labute approximate surface area is 337 Å². The zero-order valence-electron chi connectivity index (χ0n) is 33.0. The fraction of sp³-hybridized carbons (Fsp3) is 0.452. The van der Waals surface area contributed by atoms with Gasteiger partial charge in [0.2, 0.25) is 11.8 Å². The van der Waals surface area contributed by atoms with E-state index in [0.29, 0.717) is 65.0 Å². The van der Waals surface area contributed by atoms with Gasteiger partial charge in [0, 0.05) is 54.7 Å². The van der Waals surface area contributed by atoms with Crippen LogP contribution in [-0.2, 0) is 9.59 Å². The van der Waals surface area contributed by atoms with E-state index >= 15 is 0 Å². The minimum Gasteiger partial charge on any atom is -0.383 e. The zero-order chi connectivity index (χ0) is 40.5. The average molecular weight is 781 g/mol. The molecule has 58 heavy (non-hydrogen) atoms. The molecule has 2 amide bonds. The van der Waals surface area contributed by atoms with E-state index in [-0.39, 0.29) is 29.1 Å². The predicted molar refractivity (Wildman–Crippen MR) is 218 cm³/mol. The van der Waals surface area contributed by atoms with Gasteiger partial charge in [-0.1, -0.05) is 17.3 Å². The second-order valence-electron chi connectivity index (χ2n) is 16.1. The van der Waals surface area contributed by atoms with Crippen molar-refractivity contribution in [3.63, 3.8) is 0 Å². The number of amides is 2. The van der Waals surface area contributed by atoms with Crippen LogP contribution in [0.3, 0.4) is 0 Å². The molecule has 3 aliphatic rings. The van der Waals surface area contributed by atoms with E-state index in [1.165, 1.54) is 12.1 Å². The number of benzene rings is 1. The van der Waals surface area contributed by atoms with Crippen LogP contribution in [0, 0.1) is 28.6 Å². The van der Waals surface area contributed by atoms with Crippen molar-refractivity contribution in [2.75, 3.05) is 35.6 Å². The van der Waals surface area contributed by atoms with Gasteiger partial charge in [-0.25, -0.2) is 14.6 Å². The summed E-state index contributed by atoms with van der Waals surface area (Å²) in [5, 5.41) is 38.9. The molecule has 0 spiro atoms. The Kier molecular flexibility index (Phi) is 10.8. The van der Waals surface area contributed by atoms with E-state index in [1.54, 1.807) is 40.8 Å². The number of piperidine rings is 1. The van der Waals surface area contributed by atoms with Crippen LogP contribution in [0.15, 0.2) is 55.0 Å². The number of carbonyl (C=O) groups is 2. The number of hydrogen-bond acceptors (Lipinski definition) is 13. The van der Waals surface area contributed by atoms with Gasteiger partial charge in [-0.3, -0.25) is 19.8 Å². The van der Waals surface area contributed by atoms with Gasteiger partial charge in [-0.2, -0.15) is 20.3 Å². The van der Waals surface area contributed by atoms with Crippen LogP contribution in [0.4, 0.5) is 17.2 Å². The van der Waals surface area contributed by atoms with E-state index < -0.39 is 6.04 Å². The van der Waals surface area contributed by atoms with Crippen LogP contribution in [0.2, 0.25) is 0 Å². The number of nitrogen functional groups attached to an aromatic ring is 1. The minimum atomic E-state index is -0.491. The number of anilines is 3. The van der Waals surface area contributed by atoms with Gasteiger partial charge in [0.25, 0.3) is 0 Å². The predicted octanol–water partition coefficient (Wildman–Crippen LogP) is 4.96. The monoisotopic (exact) mass is 780 g/mol. The van der Waals surface area contributed by atoms with Crippen LogP contribution in [0.25, 0.3) is 22.5 Å². The highest BCUT2D eigenvalue weighted by Gasteiger charge is 2.32. The number of nitrogens with two attached hydrogens (primary N) is 1. The fourth-order valence-corrected chi connectivity index (χ4v) is 8.94. The maximum Gasteiger partial charge on any atom is 0.234 e. The van der Waals surface area contributed by atoms with Gasteiger partial charge < -0.3 is 16.0 Å². The van der Waals surface area contributed by atoms with Gasteiger partial charge in [0.15, 0.2) is 11.5 Å².